The smallest absolute Gasteiger partial charge is 0.270 e. The van der Waals surface area contributed by atoms with Crippen LogP contribution in [0.25, 0.3) is 0 Å². The summed E-state index contributed by atoms with van der Waals surface area (Å²) in [7, 11) is 1.58. The first kappa shape index (κ1) is 19.1. The molecule has 0 saturated heterocycles. The molecule has 0 saturated carbocycles. The Labute approximate surface area is 163 Å². The van der Waals surface area contributed by atoms with E-state index in [-0.39, 0.29) is 17.5 Å². The number of pyridine rings is 1. The van der Waals surface area contributed by atoms with Crippen molar-refractivity contribution in [2.45, 2.75) is 13.1 Å². The van der Waals surface area contributed by atoms with Crippen molar-refractivity contribution in [1.29, 1.82) is 0 Å². The molecule has 2 N–H and O–H groups in total. The second-order valence-corrected chi connectivity index (χ2v) is 6.09. The van der Waals surface area contributed by atoms with E-state index in [9.17, 15) is 9.59 Å². The monoisotopic (exact) mass is 375 g/mol. The van der Waals surface area contributed by atoms with Gasteiger partial charge in [-0.1, -0.05) is 48.5 Å². The minimum Gasteiger partial charge on any atom is -0.496 e. The Balaban J connectivity index is 1.61. The van der Waals surface area contributed by atoms with Crippen molar-refractivity contribution in [2.75, 3.05) is 7.11 Å². The fourth-order valence-electron chi connectivity index (χ4n) is 2.69. The van der Waals surface area contributed by atoms with E-state index in [1.807, 2.05) is 54.6 Å². The predicted octanol–water partition coefficient (Wildman–Crippen LogP) is 2.95. The molecule has 3 aromatic rings. The number of amides is 2. The van der Waals surface area contributed by atoms with E-state index in [0.717, 1.165) is 11.1 Å². The molecule has 0 aliphatic carbocycles. The lowest BCUT2D eigenvalue weighted by Gasteiger charge is -2.10. The summed E-state index contributed by atoms with van der Waals surface area (Å²) in [6.07, 6.45) is 1.45. The van der Waals surface area contributed by atoms with Gasteiger partial charge in [0.15, 0.2) is 0 Å². The van der Waals surface area contributed by atoms with Gasteiger partial charge in [0.05, 0.1) is 7.11 Å². The number of aromatic nitrogens is 1. The van der Waals surface area contributed by atoms with E-state index in [2.05, 4.69) is 15.6 Å². The number of hydrogen-bond donors (Lipinski definition) is 2. The summed E-state index contributed by atoms with van der Waals surface area (Å²) < 4.78 is 5.28. The number of ether oxygens (including phenoxy) is 1. The highest BCUT2D eigenvalue weighted by Crippen LogP contribution is 2.16. The SMILES string of the molecule is COc1ccccc1CNC(=O)c1cc(C(=O)NCc2ccccc2)ccn1. The van der Waals surface area contributed by atoms with Crippen molar-refractivity contribution in [2.24, 2.45) is 0 Å². The fourth-order valence-corrected chi connectivity index (χ4v) is 2.69. The topological polar surface area (TPSA) is 80.3 Å². The van der Waals surface area contributed by atoms with E-state index in [1.54, 1.807) is 13.2 Å². The molecule has 2 amide bonds. The van der Waals surface area contributed by atoms with Gasteiger partial charge >= 0.3 is 0 Å². The molecule has 6 heteroatoms. The quantitative estimate of drug-likeness (QED) is 0.665. The third-order valence-corrected chi connectivity index (χ3v) is 4.18. The third kappa shape index (κ3) is 4.94. The third-order valence-electron chi connectivity index (χ3n) is 4.18. The Morgan fingerprint density at radius 2 is 1.61 bits per heavy atom. The number of nitrogens with zero attached hydrogens (tertiary/aromatic N) is 1. The van der Waals surface area contributed by atoms with Crippen LogP contribution in [-0.2, 0) is 13.1 Å². The molecule has 0 spiro atoms. The first-order valence-corrected chi connectivity index (χ1v) is 8.85. The molecule has 6 nitrogen and oxygen atoms in total. The molecule has 0 fully saturated rings. The van der Waals surface area contributed by atoms with E-state index in [4.69, 9.17) is 4.74 Å². The van der Waals surface area contributed by atoms with Crippen molar-refractivity contribution >= 4 is 11.8 Å². The van der Waals surface area contributed by atoms with Crippen LogP contribution in [0, 0.1) is 0 Å². The van der Waals surface area contributed by atoms with Crippen LogP contribution < -0.4 is 15.4 Å². The highest BCUT2D eigenvalue weighted by Gasteiger charge is 2.12. The van der Waals surface area contributed by atoms with Gasteiger partial charge in [-0.2, -0.15) is 0 Å². The van der Waals surface area contributed by atoms with Gasteiger partial charge in [-0.25, -0.2) is 0 Å². The largest absolute Gasteiger partial charge is 0.496 e. The van der Waals surface area contributed by atoms with Crippen LogP contribution >= 0.6 is 0 Å². The highest BCUT2D eigenvalue weighted by molar-refractivity contribution is 5.98. The number of para-hydroxylation sites is 1. The van der Waals surface area contributed by atoms with Gasteiger partial charge in [0.25, 0.3) is 11.8 Å². The predicted molar refractivity (Wildman–Crippen MR) is 106 cm³/mol. The summed E-state index contributed by atoms with van der Waals surface area (Å²) >= 11 is 0. The van der Waals surface area contributed by atoms with E-state index in [1.165, 1.54) is 12.3 Å². The first-order chi connectivity index (χ1) is 13.7. The maximum atomic E-state index is 12.4. The average Bonchev–Trinajstić information content (AvgIpc) is 2.76. The summed E-state index contributed by atoms with van der Waals surface area (Å²) in [6, 6.07) is 20.1. The average molecular weight is 375 g/mol. The van der Waals surface area contributed by atoms with Crippen molar-refractivity contribution < 1.29 is 14.3 Å². The molecule has 1 heterocycles. The van der Waals surface area contributed by atoms with Gasteiger partial charge in [-0.05, 0) is 23.8 Å². The summed E-state index contributed by atoms with van der Waals surface area (Å²) in [5.74, 6) is 0.0819. The molecule has 0 aliphatic heterocycles. The van der Waals surface area contributed by atoms with Crippen LogP contribution in [-0.4, -0.2) is 23.9 Å². The van der Waals surface area contributed by atoms with Crippen LogP contribution in [0.2, 0.25) is 0 Å². The maximum Gasteiger partial charge on any atom is 0.270 e. The summed E-state index contributed by atoms with van der Waals surface area (Å²) in [4.78, 5) is 28.9. The van der Waals surface area contributed by atoms with Crippen molar-refractivity contribution in [3.63, 3.8) is 0 Å². The molecule has 0 radical (unpaired) electrons. The number of benzene rings is 2. The van der Waals surface area contributed by atoms with Gasteiger partial charge in [0.2, 0.25) is 0 Å². The van der Waals surface area contributed by atoms with E-state index in [0.29, 0.717) is 24.4 Å². The van der Waals surface area contributed by atoms with Crippen LogP contribution in [0.4, 0.5) is 0 Å². The summed E-state index contributed by atoms with van der Waals surface area (Å²) in [5, 5.41) is 5.64. The normalized spacial score (nSPS) is 10.2. The number of nitrogens with one attached hydrogen (secondary N) is 2. The zero-order chi connectivity index (χ0) is 19.8. The molecule has 0 aliphatic rings. The van der Waals surface area contributed by atoms with Crippen molar-refractivity contribution in [3.8, 4) is 5.75 Å². The molecule has 1 aromatic heterocycles. The number of carbonyl (C=O) groups is 2. The van der Waals surface area contributed by atoms with Gasteiger partial charge < -0.3 is 15.4 Å². The minimum absolute atomic E-state index is 0.183. The van der Waals surface area contributed by atoms with Gasteiger partial charge in [-0.15, -0.1) is 0 Å². The lowest BCUT2D eigenvalue weighted by Crippen LogP contribution is -2.26. The standard InChI is InChI=1S/C22H21N3O3/c1-28-20-10-6-5-9-18(20)15-25-22(27)19-13-17(11-12-23-19)21(26)24-14-16-7-3-2-4-8-16/h2-13H,14-15H2,1H3,(H,24,26)(H,25,27). The van der Waals surface area contributed by atoms with Crippen molar-refractivity contribution in [3.05, 3.63) is 95.3 Å². The molecule has 2 aromatic carbocycles. The van der Waals surface area contributed by atoms with E-state index >= 15 is 0 Å². The first-order valence-electron chi connectivity index (χ1n) is 8.85. The number of carbonyl (C=O) groups excluding carboxylic acids is 2. The zero-order valence-electron chi connectivity index (χ0n) is 15.5. The Kier molecular flexibility index (Phi) is 6.36. The Bertz CT molecular complexity index is 958. The molecule has 0 unspecified atom stereocenters. The van der Waals surface area contributed by atoms with Crippen molar-refractivity contribution in [1.82, 2.24) is 15.6 Å². The minimum atomic E-state index is -0.358. The maximum absolute atomic E-state index is 12.4. The van der Waals surface area contributed by atoms with Crippen LogP contribution in [0.15, 0.2) is 72.9 Å². The molecule has 0 atom stereocenters. The number of hydrogen-bond acceptors (Lipinski definition) is 4. The molecule has 3 rings (SSSR count). The van der Waals surface area contributed by atoms with Gasteiger partial charge in [-0.3, -0.25) is 14.6 Å². The Hall–Kier alpha value is -3.67. The fraction of sp³-hybridized carbons (Fsp3) is 0.136. The highest BCUT2D eigenvalue weighted by atomic mass is 16.5. The van der Waals surface area contributed by atoms with E-state index < -0.39 is 0 Å². The lowest BCUT2D eigenvalue weighted by molar-refractivity contribution is 0.0945. The summed E-state index contributed by atoms with van der Waals surface area (Å²) in [6.45, 7) is 0.715. The van der Waals surface area contributed by atoms with Crippen LogP contribution in [0.1, 0.15) is 32.0 Å². The molecule has 142 valence electrons. The molecular weight excluding hydrogens is 354 g/mol. The number of rotatable bonds is 7. The lowest BCUT2D eigenvalue weighted by atomic mass is 10.1. The second kappa shape index (κ2) is 9.32. The van der Waals surface area contributed by atoms with Gasteiger partial charge in [0, 0.05) is 30.4 Å². The number of methoxy groups -OCH3 is 1. The molecule has 0 bridgehead atoms. The molecule has 28 heavy (non-hydrogen) atoms. The zero-order valence-corrected chi connectivity index (χ0v) is 15.5. The van der Waals surface area contributed by atoms with Crippen LogP contribution in [0.3, 0.4) is 0 Å². The van der Waals surface area contributed by atoms with Gasteiger partial charge in [0.1, 0.15) is 11.4 Å². The van der Waals surface area contributed by atoms with Crippen LogP contribution in [0.5, 0.6) is 5.75 Å². The molecular formula is C22H21N3O3. The second-order valence-electron chi connectivity index (χ2n) is 6.09. The summed E-state index contributed by atoms with van der Waals surface area (Å²) in [5.41, 5.74) is 2.42. The Morgan fingerprint density at radius 3 is 2.39 bits per heavy atom. The Morgan fingerprint density at radius 1 is 0.893 bits per heavy atom.